The summed E-state index contributed by atoms with van der Waals surface area (Å²) in [5.74, 6) is -0.574. The Hall–Kier alpha value is -1.51. The summed E-state index contributed by atoms with van der Waals surface area (Å²) in [7, 11) is -0.357. The van der Waals surface area contributed by atoms with E-state index in [0.29, 0.717) is 13.0 Å². The Bertz CT molecular complexity index is 590. The van der Waals surface area contributed by atoms with Gasteiger partial charge in [-0.2, -0.15) is 0 Å². The maximum atomic E-state index is 12.9. The Balaban J connectivity index is 2.39. The van der Waals surface area contributed by atoms with Crippen molar-refractivity contribution in [3.8, 4) is 0 Å². The molecule has 0 atom stereocenters. The number of hydrogen-bond donors (Lipinski definition) is 2. The van der Waals surface area contributed by atoms with Gasteiger partial charge in [-0.1, -0.05) is 0 Å². The first-order valence-corrected chi connectivity index (χ1v) is 8.95. The molecule has 6 nitrogen and oxygen atoms in total. The van der Waals surface area contributed by atoms with Crippen LogP contribution in [0.5, 0.6) is 0 Å². The highest BCUT2D eigenvalue weighted by atomic mass is 32.2. The molecule has 0 aromatic heterocycles. The number of carbonyl (C=O) groups is 1. The van der Waals surface area contributed by atoms with Crippen molar-refractivity contribution < 1.29 is 17.6 Å². The van der Waals surface area contributed by atoms with Gasteiger partial charge in [-0.3, -0.25) is 4.79 Å². The molecule has 1 aromatic rings. The van der Waals surface area contributed by atoms with Crippen LogP contribution < -0.4 is 10.6 Å². The van der Waals surface area contributed by atoms with Gasteiger partial charge in [-0.05, 0) is 50.7 Å². The number of amides is 1. The van der Waals surface area contributed by atoms with E-state index in [0.717, 1.165) is 25.1 Å². The molecule has 23 heavy (non-hydrogen) atoms. The topological polar surface area (TPSA) is 78.5 Å². The number of benzene rings is 1. The van der Waals surface area contributed by atoms with Gasteiger partial charge in [0.25, 0.3) is 0 Å². The minimum absolute atomic E-state index is 0.0397. The minimum Gasteiger partial charge on any atom is -0.356 e. The summed E-state index contributed by atoms with van der Waals surface area (Å²) in [5.41, 5.74) is 0. The second-order valence-electron chi connectivity index (χ2n) is 5.19. The molecule has 8 heteroatoms. The predicted octanol–water partition coefficient (Wildman–Crippen LogP) is 0.952. The minimum atomic E-state index is -3.65. The van der Waals surface area contributed by atoms with Crippen LogP contribution >= 0.6 is 0 Å². The van der Waals surface area contributed by atoms with E-state index in [1.54, 1.807) is 0 Å². The van der Waals surface area contributed by atoms with Gasteiger partial charge in [0.15, 0.2) is 0 Å². The zero-order valence-electron chi connectivity index (χ0n) is 13.5. The van der Waals surface area contributed by atoms with Crippen molar-refractivity contribution in [3.05, 3.63) is 30.1 Å². The van der Waals surface area contributed by atoms with E-state index in [4.69, 9.17) is 0 Å². The Morgan fingerprint density at radius 1 is 1.17 bits per heavy atom. The zero-order chi connectivity index (χ0) is 17.3. The van der Waals surface area contributed by atoms with Crippen LogP contribution in [0.25, 0.3) is 0 Å². The summed E-state index contributed by atoms with van der Waals surface area (Å²) >= 11 is 0. The number of carbonyl (C=O) groups excluding carboxylic acids is 1. The van der Waals surface area contributed by atoms with E-state index in [2.05, 4.69) is 10.6 Å². The lowest BCUT2D eigenvalue weighted by atomic mass is 10.3. The van der Waals surface area contributed by atoms with Crippen LogP contribution in [0.1, 0.15) is 19.3 Å². The van der Waals surface area contributed by atoms with Gasteiger partial charge in [0, 0.05) is 26.6 Å². The Morgan fingerprint density at radius 2 is 1.83 bits per heavy atom. The molecule has 1 aromatic carbocycles. The summed E-state index contributed by atoms with van der Waals surface area (Å²) in [6.07, 6.45) is 1.54. The average Bonchev–Trinajstić information content (AvgIpc) is 2.52. The number of hydrogen-bond acceptors (Lipinski definition) is 4. The molecule has 0 aliphatic rings. The van der Waals surface area contributed by atoms with Crippen molar-refractivity contribution in [1.29, 1.82) is 0 Å². The highest BCUT2D eigenvalue weighted by Gasteiger charge is 2.20. The van der Waals surface area contributed by atoms with E-state index < -0.39 is 15.8 Å². The lowest BCUT2D eigenvalue weighted by molar-refractivity contribution is -0.121. The maximum Gasteiger partial charge on any atom is 0.242 e. The van der Waals surface area contributed by atoms with Gasteiger partial charge in [-0.25, -0.2) is 17.1 Å². The van der Waals surface area contributed by atoms with E-state index in [9.17, 15) is 17.6 Å². The van der Waals surface area contributed by atoms with Crippen LogP contribution in [0.4, 0.5) is 4.39 Å². The normalized spacial score (nSPS) is 11.7. The first-order chi connectivity index (χ1) is 10.9. The first-order valence-electron chi connectivity index (χ1n) is 7.51. The first kappa shape index (κ1) is 19.5. The number of rotatable bonds is 10. The molecule has 0 spiro atoms. The second-order valence-corrected chi connectivity index (χ2v) is 7.24. The largest absolute Gasteiger partial charge is 0.356 e. The van der Waals surface area contributed by atoms with Crippen LogP contribution in [0.15, 0.2) is 29.2 Å². The fourth-order valence-electron chi connectivity index (χ4n) is 1.95. The van der Waals surface area contributed by atoms with Crippen LogP contribution in [-0.2, 0) is 14.8 Å². The predicted molar refractivity (Wildman–Crippen MR) is 87.0 cm³/mol. The van der Waals surface area contributed by atoms with Gasteiger partial charge < -0.3 is 10.6 Å². The number of sulfonamides is 1. The fraction of sp³-hybridized carbons (Fsp3) is 0.533. The summed E-state index contributed by atoms with van der Waals surface area (Å²) in [4.78, 5) is 11.6. The third-order valence-corrected chi connectivity index (χ3v) is 5.20. The molecule has 0 aliphatic heterocycles. The van der Waals surface area contributed by atoms with Crippen molar-refractivity contribution in [3.63, 3.8) is 0 Å². The van der Waals surface area contributed by atoms with Gasteiger partial charge in [0.05, 0.1) is 4.90 Å². The van der Waals surface area contributed by atoms with E-state index in [-0.39, 0.29) is 23.8 Å². The van der Waals surface area contributed by atoms with Gasteiger partial charge in [-0.15, -0.1) is 0 Å². The molecule has 0 radical (unpaired) electrons. The molecule has 0 saturated heterocycles. The van der Waals surface area contributed by atoms with Crippen LogP contribution in [0, 0.1) is 5.82 Å². The molecule has 2 N–H and O–H groups in total. The molecule has 1 amide bonds. The summed E-state index contributed by atoms with van der Waals surface area (Å²) < 4.78 is 38.6. The number of nitrogens with zero attached hydrogens (tertiary/aromatic N) is 1. The van der Waals surface area contributed by atoms with Crippen LogP contribution in [0.3, 0.4) is 0 Å². The molecular formula is C15H24FN3O3S. The van der Waals surface area contributed by atoms with Crippen LogP contribution in [-0.4, -0.2) is 52.4 Å². The third-order valence-electron chi connectivity index (χ3n) is 3.32. The maximum absolute atomic E-state index is 12.9. The Labute approximate surface area is 137 Å². The molecule has 0 saturated carbocycles. The lowest BCUT2D eigenvalue weighted by Gasteiger charge is -2.17. The van der Waals surface area contributed by atoms with Crippen molar-refractivity contribution >= 4 is 15.9 Å². The molecule has 0 unspecified atom stereocenters. The smallest absolute Gasteiger partial charge is 0.242 e. The average molecular weight is 345 g/mol. The molecule has 0 heterocycles. The summed E-state index contributed by atoms with van der Waals surface area (Å²) in [5, 5.41) is 5.77. The molecule has 130 valence electrons. The van der Waals surface area contributed by atoms with Crippen molar-refractivity contribution in [1.82, 2.24) is 14.9 Å². The van der Waals surface area contributed by atoms with E-state index in [1.807, 2.05) is 7.05 Å². The summed E-state index contributed by atoms with van der Waals surface area (Å²) in [6, 6.07) is 4.68. The van der Waals surface area contributed by atoms with Crippen molar-refractivity contribution in [2.45, 2.75) is 24.2 Å². The number of halogens is 1. The molecule has 0 aliphatic carbocycles. The highest BCUT2D eigenvalue weighted by Crippen LogP contribution is 2.15. The van der Waals surface area contributed by atoms with Crippen molar-refractivity contribution in [2.75, 3.05) is 33.7 Å². The third kappa shape index (κ3) is 6.64. The quantitative estimate of drug-likeness (QED) is 0.619. The van der Waals surface area contributed by atoms with E-state index in [1.165, 1.54) is 23.5 Å². The van der Waals surface area contributed by atoms with Gasteiger partial charge in [0.1, 0.15) is 5.82 Å². The standard InChI is InChI=1S/C15H24FN3O3S/c1-17-10-4-11-18-15(20)5-3-12-19(2)23(21,22)14-8-6-13(16)7-9-14/h6-9,17H,3-5,10-12H2,1-2H3,(H,18,20). The summed E-state index contributed by atoms with van der Waals surface area (Å²) in [6.45, 7) is 1.66. The number of nitrogens with one attached hydrogen (secondary N) is 2. The van der Waals surface area contributed by atoms with Gasteiger partial charge >= 0.3 is 0 Å². The second kappa shape index (κ2) is 9.59. The SMILES string of the molecule is CNCCCNC(=O)CCCN(C)S(=O)(=O)c1ccc(F)cc1. The highest BCUT2D eigenvalue weighted by molar-refractivity contribution is 7.89. The lowest BCUT2D eigenvalue weighted by Crippen LogP contribution is -2.30. The molecule has 1 rings (SSSR count). The van der Waals surface area contributed by atoms with E-state index >= 15 is 0 Å². The fourth-order valence-corrected chi connectivity index (χ4v) is 3.16. The zero-order valence-corrected chi connectivity index (χ0v) is 14.3. The monoisotopic (exact) mass is 345 g/mol. The molecule has 0 fully saturated rings. The molecular weight excluding hydrogens is 321 g/mol. The van der Waals surface area contributed by atoms with Crippen LogP contribution in [0.2, 0.25) is 0 Å². The van der Waals surface area contributed by atoms with Crippen molar-refractivity contribution in [2.24, 2.45) is 0 Å². The molecule has 0 bridgehead atoms. The van der Waals surface area contributed by atoms with Gasteiger partial charge in [0.2, 0.25) is 15.9 Å². The Kier molecular flexibility index (Phi) is 8.15. The Morgan fingerprint density at radius 3 is 2.43 bits per heavy atom.